The topological polar surface area (TPSA) is 72.8 Å². The van der Waals surface area contributed by atoms with Crippen molar-refractivity contribution in [2.75, 3.05) is 13.2 Å². The number of ketones is 2. The fourth-order valence-corrected chi connectivity index (χ4v) is 1.78. The summed E-state index contributed by atoms with van der Waals surface area (Å²) in [5.74, 6) is -1.24. The van der Waals surface area contributed by atoms with Gasteiger partial charge in [-0.1, -0.05) is 60.7 Å². The molecule has 0 saturated carbocycles. The van der Waals surface area contributed by atoms with Gasteiger partial charge in [-0.3, -0.25) is 19.4 Å². The normalized spacial score (nSPS) is 10.4. The van der Waals surface area contributed by atoms with Crippen molar-refractivity contribution in [1.29, 1.82) is 0 Å². The first-order valence-corrected chi connectivity index (χ1v) is 7.00. The molecule has 0 unspecified atom stereocenters. The monoisotopic (exact) mass is 309 g/mol. The predicted octanol–water partition coefficient (Wildman–Crippen LogP) is 2.37. The van der Waals surface area contributed by atoms with Crippen LogP contribution < -0.4 is 0 Å². The maximum Gasteiger partial charge on any atom is 0.328 e. The van der Waals surface area contributed by atoms with E-state index in [9.17, 15) is 14.4 Å². The van der Waals surface area contributed by atoms with Crippen LogP contribution in [0.4, 0.5) is 0 Å². The Kier molecular flexibility index (Phi) is 5.94. The molecular weight excluding hydrogens is 294 g/mol. The third-order valence-corrected chi connectivity index (χ3v) is 2.95. The van der Waals surface area contributed by atoms with Gasteiger partial charge in [-0.25, -0.2) is 0 Å². The van der Waals surface area contributed by atoms with Crippen molar-refractivity contribution >= 4 is 23.8 Å². The minimum Gasteiger partial charge on any atom is -0.456 e. The Bertz CT molecular complexity index is 708. The van der Waals surface area contributed by atoms with E-state index in [1.54, 1.807) is 60.7 Å². The summed E-state index contributed by atoms with van der Waals surface area (Å²) in [6.07, 6.45) is 1.08. The van der Waals surface area contributed by atoms with Crippen molar-refractivity contribution in [3.63, 3.8) is 0 Å². The highest BCUT2D eigenvalue weighted by Crippen LogP contribution is 2.01. The number of Topliss-reactive ketones (excluding diaryl/α,β-unsaturated/α-hetero) is 2. The van der Waals surface area contributed by atoms with Gasteiger partial charge in [0.15, 0.2) is 12.4 Å². The van der Waals surface area contributed by atoms with Crippen molar-refractivity contribution in [2.24, 2.45) is 4.99 Å². The number of hydrogen-bond acceptors (Lipinski definition) is 5. The Balaban J connectivity index is 1.76. The second kappa shape index (κ2) is 8.38. The van der Waals surface area contributed by atoms with E-state index in [1.165, 1.54) is 0 Å². The third kappa shape index (κ3) is 5.32. The van der Waals surface area contributed by atoms with Crippen LogP contribution in [0.15, 0.2) is 65.7 Å². The van der Waals surface area contributed by atoms with Crippen molar-refractivity contribution in [1.82, 2.24) is 0 Å². The first-order chi connectivity index (χ1) is 11.2. The standard InChI is InChI=1S/C18H15NO4/c20-16(14-7-3-1-4-8-14)11-19-12-18(22)23-13-17(21)15-9-5-2-6-10-15/h1-11H,12-13H2/b19-11+. The SMILES string of the molecule is O=C(C/N=C/C(=O)c1ccccc1)OCC(=O)c1ccccc1. The van der Waals surface area contributed by atoms with Gasteiger partial charge >= 0.3 is 5.97 Å². The summed E-state index contributed by atoms with van der Waals surface area (Å²) < 4.78 is 4.83. The first kappa shape index (κ1) is 16.3. The van der Waals surface area contributed by atoms with E-state index in [-0.39, 0.29) is 24.7 Å². The molecular formula is C18H15NO4. The molecule has 5 heteroatoms. The number of rotatable bonds is 7. The lowest BCUT2D eigenvalue weighted by Gasteiger charge is -2.02. The minimum absolute atomic E-state index is 0.289. The summed E-state index contributed by atoms with van der Waals surface area (Å²) in [4.78, 5) is 38.7. The fraction of sp³-hybridized carbons (Fsp3) is 0.111. The second-order valence-electron chi connectivity index (χ2n) is 4.65. The molecule has 0 N–H and O–H groups in total. The number of nitrogens with zero attached hydrogens (tertiary/aromatic N) is 1. The molecule has 0 aliphatic rings. The van der Waals surface area contributed by atoms with Crippen LogP contribution in [0, 0.1) is 0 Å². The largest absolute Gasteiger partial charge is 0.456 e. The molecule has 2 aromatic carbocycles. The Morgan fingerprint density at radius 1 is 0.870 bits per heavy atom. The van der Waals surface area contributed by atoms with E-state index in [4.69, 9.17) is 4.74 Å². The average molecular weight is 309 g/mol. The lowest BCUT2D eigenvalue weighted by molar-refractivity contribution is -0.140. The van der Waals surface area contributed by atoms with Gasteiger partial charge in [0.2, 0.25) is 5.78 Å². The molecule has 0 heterocycles. The van der Waals surface area contributed by atoms with E-state index >= 15 is 0 Å². The van der Waals surface area contributed by atoms with Crippen molar-refractivity contribution < 1.29 is 19.1 Å². The number of benzene rings is 2. The minimum atomic E-state index is -0.661. The zero-order valence-corrected chi connectivity index (χ0v) is 12.3. The Morgan fingerprint density at radius 2 is 1.43 bits per heavy atom. The summed E-state index contributed by atoms with van der Waals surface area (Å²) in [6, 6.07) is 17.1. The molecule has 0 aliphatic heterocycles. The van der Waals surface area contributed by atoms with Gasteiger partial charge in [-0.05, 0) is 0 Å². The lowest BCUT2D eigenvalue weighted by Crippen LogP contribution is -2.16. The van der Waals surface area contributed by atoms with Crippen LogP contribution >= 0.6 is 0 Å². The molecule has 2 rings (SSSR count). The molecule has 0 radical (unpaired) electrons. The molecule has 0 saturated heterocycles. The predicted molar refractivity (Wildman–Crippen MR) is 85.9 cm³/mol. The second-order valence-corrected chi connectivity index (χ2v) is 4.65. The van der Waals surface area contributed by atoms with Crippen LogP contribution in [0.1, 0.15) is 20.7 Å². The van der Waals surface area contributed by atoms with Gasteiger partial charge < -0.3 is 4.74 Å². The maximum absolute atomic E-state index is 11.7. The average Bonchev–Trinajstić information content (AvgIpc) is 2.61. The van der Waals surface area contributed by atoms with Gasteiger partial charge in [0, 0.05) is 11.1 Å². The van der Waals surface area contributed by atoms with Gasteiger partial charge in [-0.2, -0.15) is 0 Å². The van der Waals surface area contributed by atoms with E-state index in [1.807, 2.05) is 0 Å². The van der Waals surface area contributed by atoms with E-state index in [2.05, 4.69) is 4.99 Å². The van der Waals surface area contributed by atoms with Crippen LogP contribution in [0.25, 0.3) is 0 Å². The van der Waals surface area contributed by atoms with Crippen molar-refractivity contribution in [3.8, 4) is 0 Å². The van der Waals surface area contributed by atoms with Gasteiger partial charge in [0.05, 0.1) is 6.21 Å². The number of aliphatic imine (C=N–C) groups is 1. The van der Waals surface area contributed by atoms with Crippen LogP contribution in [0.2, 0.25) is 0 Å². The quantitative estimate of drug-likeness (QED) is 0.447. The highest BCUT2D eigenvalue weighted by atomic mass is 16.5. The summed E-state index contributed by atoms with van der Waals surface area (Å²) in [5, 5.41) is 0. The molecule has 0 spiro atoms. The van der Waals surface area contributed by atoms with Gasteiger partial charge in [0.25, 0.3) is 0 Å². The molecule has 0 atom stereocenters. The van der Waals surface area contributed by atoms with E-state index in [0.717, 1.165) is 6.21 Å². The van der Waals surface area contributed by atoms with Crippen molar-refractivity contribution in [2.45, 2.75) is 0 Å². The van der Waals surface area contributed by atoms with Crippen LogP contribution in [-0.2, 0) is 9.53 Å². The molecule has 0 aliphatic carbocycles. The zero-order valence-electron chi connectivity index (χ0n) is 12.3. The number of esters is 1. The summed E-state index contributed by atoms with van der Waals surface area (Å²) >= 11 is 0. The number of ether oxygens (including phenoxy) is 1. The Hall–Kier alpha value is -3.08. The van der Waals surface area contributed by atoms with E-state index < -0.39 is 5.97 Å². The number of carbonyl (C=O) groups is 3. The first-order valence-electron chi connectivity index (χ1n) is 7.00. The van der Waals surface area contributed by atoms with Crippen molar-refractivity contribution in [3.05, 3.63) is 71.8 Å². The molecule has 5 nitrogen and oxygen atoms in total. The summed E-state index contributed by atoms with van der Waals surface area (Å²) in [7, 11) is 0. The summed E-state index contributed by atoms with van der Waals surface area (Å²) in [5.41, 5.74) is 0.965. The molecule has 0 aromatic heterocycles. The zero-order chi connectivity index (χ0) is 16.5. The van der Waals surface area contributed by atoms with Crippen LogP contribution in [-0.4, -0.2) is 36.9 Å². The van der Waals surface area contributed by atoms with E-state index in [0.29, 0.717) is 11.1 Å². The fourth-order valence-electron chi connectivity index (χ4n) is 1.78. The lowest BCUT2D eigenvalue weighted by atomic mass is 10.1. The molecule has 116 valence electrons. The third-order valence-electron chi connectivity index (χ3n) is 2.95. The number of hydrogen-bond donors (Lipinski definition) is 0. The molecule has 0 fully saturated rings. The Morgan fingerprint density at radius 3 is 2.04 bits per heavy atom. The van der Waals surface area contributed by atoms with Gasteiger partial charge in [-0.15, -0.1) is 0 Å². The summed E-state index contributed by atoms with van der Waals surface area (Å²) in [6.45, 7) is -0.647. The molecule has 0 amide bonds. The molecule has 0 bridgehead atoms. The maximum atomic E-state index is 11.7. The molecule has 23 heavy (non-hydrogen) atoms. The van der Waals surface area contributed by atoms with Crippen LogP contribution in [0.3, 0.4) is 0 Å². The smallest absolute Gasteiger partial charge is 0.328 e. The van der Waals surface area contributed by atoms with Gasteiger partial charge in [0.1, 0.15) is 6.54 Å². The molecule has 2 aromatic rings. The Labute approximate surface area is 133 Å². The highest BCUT2D eigenvalue weighted by molar-refractivity contribution is 6.35. The highest BCUT2D eigenvalue weighted by Gasteiger charge is 2.09. The number of carbonyl (C=O) groups excluding carboxylic acids is 3. The van der Waals surface area contributed by atoms with Crippen LogP contribution in [0.5, 0.6) is 0 Å².